The molecule has 1 aliphatic rings. The minimum Gasteiger partial charge on any atom is -0.377 e. The molecule has 0 bridgehead atoms. The second-order valence-electron chi connectivity index (χ2n) is 4.29. The molecule has 0 saturated carbocycles. The number of anilines is 1. The first kappa shape index (κ1) is 10.6. The Morgan fingerprint density at radius 1 is 1.18 bits per heavy atom. The Bertz CT molecular complexity index is 522. The standard InChI is InChI=1S/C14H13ClN2/c15-11-4-6-12(7-5-11)17-13-8-3-10-2-1-9-16-14(10)13/h1-2,4-7,9,13,17H,3,8H2. The Morgan fingerprint density at radius 3 is 2.82 bits per heavy atom. The van der Waals surface area contributed by atoms with E-state index in [1.54, 1.807) is 0 Å². The Balaban J connectivity index is 1.81. The molecule has 2 aromatic rings. The lowest BCUT2D eigenvalue weighted by Crippen LogP contribution is -2.08. The van der Waals surface area contributed by atoms with Crippen molar-refractivity contribution in [2.24, 2.45) is 0 Å². The second-order valence-corrected chi connectivity index (χ2v) is 4.73. The highest BCUT2D eigenvalue weighted by atomic mass is 35.5. The van der Waals surface area contributed by atoms with Gasteiger partial charge in [0.25, 0.3) is 0 Å². The maximum Gasteiger partial charge on any atom is 0.0691 e. The van der Waals surface area contributed by atoms with Gasteiger partial charge in [0, 0.05) is 16.9 Å². The predicted octanol–water partition coefficient (Wildman–Crippen LogP) is 3.83. The fraction of sp³-hybridized carbons (Fsp3) is 0.214. The fourth-order valence-corrected chi connectivity index (χ4v) is 2.43. The molecule has 0 aliphatic heterocycles. The number of halogens is 1. The first-order chi connectivity index (χ1) is 8.33. The van der Waals surface area contributed by atoms with E-state index in [2.05, 4.69) is 16.4 Å². The van der Waals surface area contributed by atoms with Crippen LogP contribution in [0.25, 0.3) is 0 Å². The van der Waals surface area contributed by atoms with Gasteiger partial charge in [-0.25, -0.2) is 0 Å². The molecular weight excluding hydrogens is 232 g/mol. The molecule has 1 aromatic heterocycles. The summed E-state index contributed by atoms with van der Waals surface area (Å²) in [4.78, 5) is 4.47. The molecule has 17 heavy (non-hydrogen) atoms. The molecule has 0 radical (unpaired) electrons. The zero-order valence-corrected chi connectivity index (χ0v) is 10.1. The van der Waals surface area contributed by atoms with Gasteiger partial charge in [0.2, 0.25) is 0 Å². The highest BCUT2D eigenvalue weighted by molar-refractivity contribution is 6.30. The molecule has 3 rings (SSSR count). The number of benzene rings is 1. The van der Waals surface area contributed by atoms with Gasteiger partial charge in [0.1, 0.15) is 0 Å². The van der Waals surface area contributed by atoms with Gasteiger partial charge in [-0.05, 0) is 48.7 Å². The number of fused-ring (bicyclic) bond motifs is 1. The number of nitrogens with one attached hydrogen (secondary N) is 1. The third-order valence-corrected chi connectivity index (χ3v) is 3.40. The minimum atomic E-state index is 0.326. The summed E-state index contributed by atoms with van der Waals surface area (Å²) < 4.78 is 0. The lowest BCUT2D eigenvalue weighted by Gasteiger charge is -2.14. The van der Waals surface area contributed by atoms with Crippen molar-refractivity contribution in [1.82, 2.24) is 4.98 Å². The van der Waals surface area contributed by atoms with E-state index < -0.39 is 0 Å². The fourth-order valence-electron chi connectivity index (χ4n) is 2.30. The van der Waals surface area contributed by atoms with Crippen LogP contribution in [0.4, 0.5) is 5.69 Å². The first-order valence-electron chi connectivity index (χ1n) is 5.79. The maximum absolute atomic E-state index is 5.87. The molecule has 0 saturated heterocycles. The van der Waals surface area contributed by atoms with Crippen molar-refractivity contribution < 1.29 is 0 Å². The molecule has 3 heteroatoms. The molecule has 1 aliphatic carbocycles. The number of rotatable bonds is 2. The lowest BCUT2D eigenvalue weighted by atomic mass is 10.2. The van der Waals surface area contributed by atoms with Crippen LogP contribution in [0.1, 0.15) is 23.7 Å². The summed E-state index contributed by atoms with van der Waals surface area (Å²) in [6, 6.07) is 12.3. The molecule has 0 fully saturated rings. The summed E-state index contributed by atoms with van der Waals surface area (Å²) in [5.41, 5.74) is 3.64. The molecule has 1 unspecified atom stereocenters. The average Bonchev–Trinajstić information content (AvgIpc) is 2.76. The molecule has 1 N–H and O–H groups in total. The van der Waals surface area contributed by atoms with E-state index >= 15 is 0 Å². The summed E-state index contributed by atoms with van der Waals surface area (Å²) in [7, 11) is 0. The summed E-state index contributed by atoms with van der Waals surface area (Å²) in [6.45, 7) is 0. The van der Waals surface area contributed by atoms with Crippen LogP contribution in [-0.4, -0.2) is 4.98 Å². The minimum absolute atomic E-state index is 0.326. The van der Waals surface area contributed by atoms with Crippen molar-refractivity contribution >= 4 is 17.3 Å². The van der Waals surface area contributed by atoms with Gasteiger partial charge in [0.05, 0.1) is 11.7 Å². The van der Waals surface area contributed by atoms with E-state index in [4.69, 9.17) is 11.6 Å². The van der Waals surface area contributed by atoms with E-state index in [0.717, 1.165) is 23.6 Å². The van der Waals surface area contributed by atoms with Gasteiger partial charge in [-0.15, -0.1) is 0 Å². The quantitative estimate of drug-likeness (QED) is 0.868. The smallest absolute Gasteiger partial charge is 0.0691 e. The third kappa shape index (κ3) is 2.13. The lowest BCUT2D eigenvalue weighted by molar-refractivity contribution is 0.746. The number of aryl methyl sites for hydroxylation is 1. The van der Waals surface area contributed by atoms with Gasteiger partial charge in [-0.3, -0.25) is 4.98 Å². The zero-order valence-electron chi connectivity index (χ0n) is 9.36. The molecule has 86 valence electrons. The Hall–Kier alpha value is -1.54. The van der Waals surface area contributed by atoms with E-state index in [1.807, 2.05) is 36.5 Å². The molecule has 0 amide bonds. The van der Waals surface area contributed by atoms with Crippen LogP contribution in [0, 0.1) is 0 Å². The van der Waals surface area contributed by atoms with Crippen LogP contribution in [0.15, 0.2) is 42.6 Å². The SMILES string of the molecule is Clc1ccc(NC2CCc3cccnc32)cc1. The van der Waals surface area contributed by atoms with Gasteiger partial charge < -0.3 is 5.32 Å². The highest BCUT2D eigenvalue weighted by Gasteiger charge is 2.22. The van der Waals surface area contributed by atoms with E-state index in [0.29, 0.717) is 6.04 Å². The van der Waals surface area contributed by atoms with E-state index in [9.17, 15) is 0 Å². The topological polar surface area (TPSA) is 24.9 Å². The van der Waals surface area contributed by atoms with Crippen LogP contribution in [0.5, 0.6) is 0 Å². The summed E-state index contributed by atoms with van der Waals surface area (Å²) in [5.74, 6) is 0. The number of pyridine rings is 1. The van der Waals surface area contributed by atoms with Crippen molar-refractivity contribution in [1.29, 1.82) is 0 Å². The van der Waals surface area contributed by atoms with Crippen LogP contribution in [-0.2, 0) is 6.42 Å². The normalized spacial score (nSPS) is 17.8. The largest absolute Gasteiger partial charge is 0.377 e. The Labute approximate surface area is 106 Å². The monoisotopic (exact) mass is 244 g/mol. The molecule has 0 spiro atoms. The van der Waals surface area contributed by atoms with Gasteiger partial charge >= 0.3 is 0 Å². The van der Waals surface area contributed by atoms with Crippen molar-refractivity contribution in [3.8, 4) is 0 Å². The molecular formula is C14H13ClN2. The molecule has 1 aromatic carbocycles. The molecule has 1 heterocycles. The number of hydrogen-bond acceptors (Lipinski definition) is 2. The Kier molecular flexibility index (Phi) is 2.73. The first-order valence-corrected chi connectivity index (χ1v) is 6.16. The number of nitrogens with zero attached hydrogens (tertiary/aromatic N) is 1. The summed E-state index contributed by atoms with van der Waals surface area (Å²) >= 11 is 5.87. The number of hydrogen-bond donors (Lipinski definition) is 1. The Morgan fingerprint density at radius 2 is 2.00 bits per heavy atom. The average molecular weight is 245 g/mol. The van der Waals surface area contributed by atoms with Crippen molar-refractivity contribution in [2.75, 3.05) is 5.32 Å². The van der Waals surface area contributed by atoms with E-state index in [-0.39, 0.29) is 0 Å². The van der Waals surface area contributed by atoms with Crippen LogP contribution >= 0.6 is 11.6 Å². The van der Waals surface area contributed by atoms with Crippen molar-refractivity contribution in [2.45, 2.75) is 18.9 Å². The zero-order chi connectivity index (χ0) is 11.7. The van der Waals surface area contributed by atoms with Crippen LogP contribution < -0.4 is 5.32 Å². The van der Waals surface area contributed by atoms with Crippen molar-refractivity contribution in [3.05, 3.63) is 58.9 Å². The highest BCUT2D eigenvalue weighted by Crippen LogP contribution is 2.32. The summed E-state index contributed by atoms with van der Waals surface area (Å²) in [5, 5.41) is 4.27. The molecule has 2 nitrogen and oxygen atoms in total. The van der Waals surface area contributed by atoms with E-state index in [1.165, 1.54) is 11.3 Å². The molecule has 1 atom stereocenters. The van der Waals surface area contributed by atoms with Gasteiger partial charge in [0.15, 0.2) is 0 Å². The second kappa shape index (κ2) is 4.38. The predicted molar refractivity (Wildman–Crippen MR) is 70.4 cm³/mol. The maximum atomic E-state index is 5.87. The van der Waals surface area contributed by atoms with Crippen LogP contribution in [0.2, 0.25) is 5.02 Å². The van der Waals surface area contributed by atoms with Crippen LogP contribution in [0.3, 0.4) is 0 Å². The van der Waals surface area contributed by atoms with Gasteiger partial charge in [-0.1, -0.05) is 17.7 Å². The van der Waals surface area contributed by atoms with Gasteiger partial charge in [-0.2, -0.15) is 0 Å². The third-order valence-electron chi connectivity index (χ3n) is 3.14. The summed E-state index contributed by atoms with van der Waals surface area (Å²) in [6.07, 6.45) is 4.07. The van der Waals surface area contributed by atoms with Crippen molar-refractivity contribution in [3.63, 3.8) is 0 Å². The number of aromatic nitrogens is 1.